The van der Waals surface area contributed by atoms with Gasteiger partial charge >= 0.3 is 0 Å². The van der Waals surface area contributed by atoms with E-state index >= 15 is 0 Å². The van der Waals surface area contributed by atoms with Gasteiger partial charge in [-0.2, -0.15) is 0 Å². The average molecular weight is 242 g/mol. The van der Waals surface area contributed by atoms with Gasteiger partial charge in [0.2, 0.25) is 5.91 Å². The van der Waals surface area contributed by atoms with E-state index in [1.807, 2.05) is 4.90 Å². The van der Waals surface area contributed by atoms with Gasteiger partial charge in [-0.1, -0.05) is 12.2 Å². The molecule has 0 aromatic rings. The van der Waals surface area contributed by atoms with E-state index in [0.717, 1.165) is 12.8 Å². The van der Waals surface area contributed by atoms with Crippen LogP contribution in [0, 0.1) is 5.41 Å². The Bertz CT molecular complexity index is 318. The van der Waals surface area contributed by atoms with Gasteiger partial charge in [0.1, 0.15) is 0 Å². The Kier molecular flexibility index (Phi) is 2.92. The molecule has 2 fully saturated rings. The third-order valence-corrected chi connectivity index (χ3v) is 3.99. The number of fused-ring (bicyclic) bond motifs is 2. The molecule has 2 unspecified atom stereocenters. The highest BCUT2D eigenvalue weighted by Gasteiger charge is 2.41. The van der Waals surface area contributed by atoms with Crippen molar-refractivity contribution in [3.05, 3.63) is 0 Å². The van der Waals surface area contributed by atoms with Crippen molar-refractivity contribution in [2.75, 3.05) is 13.1 Å². The molecule has 2 aliphatic heterocycles. The molecule has 2 saturated heterocycles. The first-order valence-electron chi connectivity index (χ1n) is 5.66. The maximum atomic E-state index is 12.3. The fourth-order valence-electron chi connectivity index (χ4n) is 2.28. The Morgan fingerprint density at radius 1 is 1.38 bits per heavy atom. The number of ether oxygens (including phenoxy) is 1. The van der Waals surface area contributed by atoms with Crippen molar-refractivity contribution in [3.63, 3.8) is 0 Å². The fourth-order valence-corrected chi connectivity index (χ4v) is 2.37. The average Bonchev–Trinajstić information content (AvgIpc) is 2.56. The maximum Gasteiger partial charge on any atom is 0.235 e. The molecule has 2 bridgehead atoms. The van der Waals surface area contributed by atoms with Gasteiger partial charge < -0.3 is 15.4 Å². The first-order valence-corrected chi connectivity index (χ1v) is 6.07. The van der Waals surface area contributed by atoms with Crippen LogP contribution in [0.5, 0.6) is 0 Å². The van der Waals surface area contributed by atoms with Crippen molar-refractivity contribution in [1.82, 2.24) is 4.90 Å². The second kappa shape index (κ2) is 3.96. The zero-order chi connectivity index (χ0) is 11.9. The van der Waals surface area contributed by atoms with Gasteiger partial charge in [-0.05, 0) is 26.7 Å². The fraction of sp³-hybridized carbons (Fsp3) is 0.818. The Balaban J connectivity index is 2.08. The quantitative estimate of drug-likeness (QED) is 0.724. The molecular formula is C11H18N2O2S. The Hall–Kier alpha value is -0.680. The smallest absolute Gasteiger partial charge is 0.235 e. The van der Waals surface area contributed by atoms with Crippen LogP contribution < -0.4 is 5.73 Å². The van der Waals surface area contributed by atoms with E-state index in [0.29, 0.717) is 13.1 Å². The number of rotatable bonds is 2. The largest absolute Gasteiger partial charge is 0.392 e. The zero-order valence-electron chi connectivity index (χ0n) is 9.73. The molecule has 2 N–H and O–H groups in total. The van der Waals surface area contributed by atoms with Crippen molar-refractivity contribution in [1.29, 1.82) is 0 Å². The number of amides is 1. The van der Waals surface area contributed by atoms with Gasteiger partial charge in [0.15, 0.2) is 0 Å². The van der Waals surface area contributed by atoms with E-state index in [-0.39, 0.29) is 23.1 Å². The number of nitrogens with two attached hydrogens (primary N) is 1. The predicted molar refractivity (Wildman–Crippen MR) is 65.0 cm³/mol. The minimum Gasteiger partial charge on any atom is -0.392 e. The molecule has 5 heteroatoms. The van der Waals surface area contributed by atoms with Crippen molar-refractivity contribution >= 4 is 23.1 Å². The number of carbonyl (C=O) groups is 1. The topological polar surface area (TPSA) is 55.6 Å². The summed E-state index contributed by atoms with van der Waals surface area (Å²) in [6.45, 7) is 4.94. The highest BCUT2D eigenvalue weighted by atomic mass is 32.1. The van der Waals surface area contributed by atoms with Crippen molar-refractivity contribution in [2.24, 2.45) is 11.1 Å². The molecule has 90 valence electrons. The summed E-state index contributed by atoms with van der Waals surface area (Å²) in [7, 11) is 0. The third kappa shape index (κ3) is 1.94. The number of morpholine rings is 1. The summed E-state index contributed by atoms with van der Waals surface area (Å²) < 4.78 is 5.69. The number of thiocarbonyl (C=S) groups is 1. The van der Waals surface area contributed by atoms with Crippen molar-refractivity contribution in [2.45, 2.75) is 38.9 Å². The number of hydrogen-bond donors (Lipinski definition) is 1. The molecule has 4 nitrogen and oxygen atoms in total. The molecule has 0 saturated carbocycles. The van der Waals surface area contributed by atoms with Crippen LogP contribution in [-0.2, 0) is 9.53 Å². The molecular weight excluding hydrogens is 224 g/mol. The molecule has 0 aromatic carbocycles. The normalized spacial score (nSPS) is 29.2. The standard InChI is InChI=1S/C11H18N2O2S/c1-11(2,9(12)16)10(14)13-5-7-3-4-8(6-13)15-7/h7-8H,3-6H2,1-2H3,(H2,12,16). The van der Waals surface area contributed by atoms with E-state index in [2.05, 4.69) is 0 Å². The van der Waals surface area contributed by atoms with Crippen LogP contribution >= 0.6 is 12.2 Å². The van der Waals surface area contributed by atoms with Crippen LogP contribution in [0.15, 0.2) is 0 Å². The lowest BCUT2D eigenvalue weighted by atomic mass is 9.91. The Morgan fingerprint density at radius 2 is 1.88 bits per heavy atom. The molecule has 0 radical (unpaired) electrons. The zero-order valence-corrected chi connectivity index (χ0v) is 10.5. The lowest BCUT2D eigenvalue weighted by molar-refractivity contribution is -0.145. The molecule has 2 aliphatic rings. The van der Waals surface area contributed by atoms with Crippen LogP contribution in [0.3, 0.4) is 0 Å². The van der Waals surface area contributed by atoms with Gasteiger partial charge in [-0.25, -0.2) is 0 Å². The molecule has 2 rings (SSSR count). The lowest BCUT2D eigenvalue weighted by Crippen LogP contribution is -2.53. The van der Waals surface area contributed by atoms with Crippen LogP contribution in [0.25, 0.3) is 0 Å². The lowest BCUT2D eigenvalue weighted by Gasteiger charge is -2.36. The van der Waals surface area contributed by atoms with Gasteiger partial charge in [-0.15, -0.1) is 0 Å². The van der Waals surface area contributed by atoms with E-state index in [4.69, 9.17) is 22.7 Å². The summed E-state index contributed by atoms with van der Waals surface area (Å²) in [6, 6.07) is 0. The SMILES string of the molecule is CC(C)(C(=O)N1CC2CCC(C1)O2)C(N)=S. The van der Waals surface area contributed by atoms with E-state index in [1.54, 1.807) is 13.8 Å². The third-order valence-electron chi connectivity index (χ3n) is 3.48. The van der Waals surface area contributed by atoms with Gasteiger partial charge in [0.25, 0.3) is 0 Å². The van der Waals surface area contributed by atoms with E-state index in [1.165, 1.54) is 0 Å². The summed E-state index contributed by atoms with van der Waals surface area (Å²) in [5.41, 5.74) is 4.87. The van der Waals surface area contributed by atoms with Crippen LogP contribution in [0.2, 0.25) is 0 Å². The second-order valence-electron chi connectivity index (χ2n) is 5.16. The molecule has 0 aliphatic carbocycles. The number of nitrogens with zero attached hydrogens (tertiary/aromatic N) is 1. The maximum absolute atomic E-state index is 12.3. The molecule has 0 aromatic heterocycles. The number of carbonyl (C=O) groups excluding carboxylic acids is 1. The first kappa shape index (κ1) is 11.8. The van der Waals surface area contributed by atoms with Crippen molar-refractivity contribution in [3.8, 4) is 0 Å². The molecule has 16 heavy (non-hydrogen) atoms. The summed E-state index contributed by atoms with van der Waals surface area (Å²) in [5, 5.41) is 0. The van der Waals surface area contributed by atoms with E-state index in [9.17, 15) is 4.79 Å². The molecule has 2 heterocycles. The molecule has 2 atom stereocenters. The van der Waals surface area contributed by atoms with Gasteiger partial charge in [-0.3, -0.25) is 4.79 Å². The minimum absolute atomic E-state index is 0.0280. The molecule has 0 spiro atoms. The summed E-state index contributed by atoms with van der Waals surface area (Å²) in [6.07, 6.45) is 2.54. The van der Waals surface area contributed by atoms with Crippen LogP contribution in [0.4, 0.5) is 0 Å². The van der Waals surface area contributed by atoms with Crippen molar-refractivity contribution < 1.29 is 9.53 Å². The van der Waals surface area contributed by atoms with Crippen LogP contribution in [-0.4, -0.2) is 41.1 Å². The number of hydrogen-bond acceptors (Lipinski definition) is 3. The summed E-state index contributed by atoms with van der Waals surface area (Å²) >= 11 is 4.95. The van der Waals surface area contributed by atoms with Crippen LogP contribution in [0.1, 0.15) is 26.7 Å². The minimum atomic E-state index is -0.744. The predicted octanol–water partition coefficient (Wildman–Crippen LogP) is 0.689. The second-order valence-corrected chi connectivity index (χ2v) is 5.60. The summed E-state index contributed by atoms with van der Waals surface area (Å²) in [5.74, 6) is 0.0280. The molecule has 1 amide bonds. The Morgan fingerprint density at radius 3 is 2.31 bits per heavy atom. The monoisotopic (exact) mass is 242 g/mol. The van der Waals surface area contributed by atoms with E-state index < -0.39 is 5.41 Å². The number of likely N-dealkylation sites (tertiary alicyclic amines) is 1. The first-order chi connectivity index (χ1) is 7.41. The van der Waals surface area contributed by atoms with Gasteiger partial charge in [0, 0.05) is 13.1 Å². The summed E-state index contributed by atoms with van der Waals surface area (Å²) in [4.78, 5) is 14.4. The highest BCUT2D eigenvalue weighted by molar-refractivity contribution is 7.80. The van der Waals surface area contributed by atoms with Gasteiger partial charge in [0.05, 0.1) is 22.6 Å². The Labute approximate surface area is 101 Å². The highest BCUT2D eigenvalue weighted by Crippen LogP contribution is 2.29.